The number of nitrogens with one attached hydrogen (secondary N) is 2. The van der Waals surface area contributed by atoms with Gasteiger partial charge in [0.1, 0.15) is 0 Å². The highest BCUT2D eigenvalue weighted by Gasteiger charge is 2.18. The Labute approximate surface area is 124 Å². The van der Waals surface area contributed by atoms with Crippen LogP contribution in [0, 0.1) is 6.92 Å². The molecule has 0 amide bonds. The molecule has 0 atom stereocenters. The molecule has 0 saturated carbocycles. The number of H-pyrrole nitrogens is 1. The Bertz CT molecular complexity index is 722. The van der Waals surface area contributed by atoms with E-state index < -0.39 is 10.0 Å². The van der Waals surface area contributed by atoms with Crippen LogP contribution in [0.15, 0.2) is 29.3 Å². The van der Waals surface area contributed by atoms with Crippen LogP contribution in [0.25, 0.3) is 0 Å². The lowest BCUT2D eigenvalue weighted by Crippen LogP contribution is -2.24. The first-order chi connectivity index (χ1) is 9.97. The van der Waals surface area contributed by atoms with E-state index in [0.717, 1.165) is 22.4 Å². The molecule has 0 fully saturated rings. The Hall–Kier alpha value is -1.70. The van der Waals surface area contributed by atoms with Crippen molar-refractivity contribution in [1.29, 1.82) is 0 Å². The van der Waals surface area contributed by atoms with E-state index in [4.69, 9.17) is 5.73 Å². The standard InChI is InChI=1S/C14H20N4O2S/c1-3-12-5-4-11(7-15)6-14(12)21(19,20)17-9-13-8-16-18-10(13)2/h4-6,8,17H,3,7,9,15H2,1-2H3,(H,16,18). The van der Waals surface area contributed by atoms with E-state index in [1.807, 2.05) is 26.0 Å². The highest BCUT2D eigenvalue weighted by molar-refractivity contribution is 7.89. The number of nitrogens with two attached hydrogens (primary N) is 1. The van der Waals surface area contributed by atoms with Crippen LogP contribution in [0.3, 0.4) is 0 Å². The van der Waals surface area contributed by atoms with Gasteiger partial charge < -0.3 is 5.73 Å². The van der Waals surface area contributed by atoms with Crippen molar-refractivity contribution in [1.82, 2.24) is 14.9 Å². The van der Waals surface area contributed by atoms with Gasteiger partial charge in [0.15, 0.2) is 0 Å². The van der Waals surface area contributed by atoms with E-state index in [0.29, 0.717) is 17.9 Å². The molecule has 0 aliphatic rings. The Balaban J connectivity index is 2.28. The average molecular weight is 308 g/mol. The summed E-state index contributed by atoms with van der Waals surface area (Å²) in [6.45, 7) is 4.30. The summed E-state index contributed by atoms with van der Waals surface area (Å²) in [6, 6.07) is 5.32. The van der Waals surface area contributed by atoms with Gasteiger partial charge >= 0.3 is 0 Å². The van der Waals surface area contributed by atoms with Crippen LogP contribution in [0.4, 0.5) is 0 Å². The Morgan fingerprint density at radius 3 is 2.67 bits per heavy atom. The molecular formula is C14H20N4O2S. The fraction of sp³-hybridized carbons (Fsp3) is 0.357. The van der Waals surface area contributed by atoms with Crippen LogP contribution in [0.2, 0.25) is 0 Å². The largest absolute Gasteiger partial charge is 0.326 e. The molecular weight excluding hydrogens is 288 g/mol. The molecule has 0 spiro atoms. The number of sulfonamides is 1. The molecule has 0 unspecified atom stereocenters. The van der Waals surface area contributed by atoms with Crippen molar-refractivity contribution < 1.29 is 8.42 Å². The van der Waals surface area contributed by atoms with Gasteiger partial charge in [-0.1, -0.05) is 19.1 Å². The minimum Gasteiger partial charge on any atom is -0.326 e. The summed E-state index contributed by atoms with van der Waals surface area (Å²) in [6.07, 6.45) is 2.26. The van der Waals surface area contributed by atoms with Gasteiger partial charge in [0.2, 0.25) is 10.0 Å². The number of aryl methyl sites for hydroxylation is 2. The number of hydrogen-bond donors (Lipinski definition) is 3. The van der Waals surface area contributed by atoms with Crippen molar-refractivity contribution in [2.24, 2.45) is 5.73 Å². The van der Waals surface area contributed by atoms with Crippen LogP contribution >= 0.6 is 0 Å². The summed E-state index contributed by atoms with van der Waals surface area (Å²) in [5, 5.41) is 6.66. The van der Waals surface area contributed by atoms with E-state index in [1.54, 1.807) is 12.3 Å². The number of hydrogen-bond acceptors (Lipinski definition) is 4. The second kappa shape index (κ2) is 6.38. The molecule has 0 aliphatic heterocycles. The highest BCUT2D eigenvalue weighted by Crippen LogP contribution is 2.19. The van der Waals surface area contributed by atoms with Crippen LogP contribution in [-0.4, -0.2) is 18.6 Å². The average Bonchev–Trinajstić information content (AvgIpc) is 2.90. The van der Waals surface area contributed by atoms with Crippen LogP contribution in [0.1, 0.15) is 29.3 Å². The van der Waals surface area contributed by atoms with Crippen LogP contribution in [0.5, 0.6) is 0 Å². The van der Waals surface area contributed by atoms with Gasteiger partial charge in [0.25, 0.3) is 0 Å². The van der Waals surface area contributed by atoms with Crippen LogP contribution in [-0.2, 0) is 29.5 Å². The molecule has 7 heteroatoms. The second-order valence-corrected chi connectivity index (χ2v) is 6.58. The molecule has 0 aliphatic carbocycles. The number of aromatic amines is 1. The first kappa shape index (κ1) is 15.7. The summed E-state index contributed by atoms with van der Waals surface area (Å²) in [5.41, 5.74) is 8.85. The van der Waals surface area contributed by atoms with Crippen LogP contribution < -0.4 is 10.5 Å². The smallest absolute Gasteiger partial charge is 0.241 e. The maximum Gasteiger partial charge on any atom is 0.241 e. The van der Waals surface area contributed by atoms with Gasteiger partial charge in [0, 0.05) is 24.3 Å². The third kappa shape index (κ3) is 3.49. The van der Waals surface area contributed by atoms with Crippen molar-refractivity contribution in [3.63, 3.8) is 0 Å². The third-order valence-electron chi connectivity index (χ3n) is 3.42. The molecule has 0 bridgehead atoms. The molecule has 1 heterocycles. The minimum atomic E-state index is -3.58. The highest BCUT2D eigenvalue weighted by atomic mass is 32.2. The van der Waals surface area contributed by atoms with Gasteiger partial charge in [-0.3, -0.25) is 5.10 Å². The van der Waals surface area contributed by atoms with Gasteiger partial charge in [-0.25, -0.2) is 13.1 Å². The normalized spacial score (nSPS) is 11.8. The van der Waals surface area contributed by atoms with E-state index in [9.17, 15) is 8.42 Å². The summed E-state index contributed by atoms with van der Waals surface area (Å²) < 4.78 is 27.6. The molecule has 21 heavy (non-hydrogen) atoms. The molecule has 1 aromatic heterocycles. The zero-order valence-corrected chi connectivity index (χ0v) is 13.0. The SMILES string of the molecule is CCc1ccc(CN)cc1S(=O)(=O)NCc1cn[nH]c1C. The lowest BCUT2D eigenvalue weighted by Gasteiger charge is -2.12. The number of rotatable bonds is 6. The summed E-state index contributed by atoms with van der Waals surface area (Å²) in [7, 11) is -3.58. The van der Waals surface area contributed by atoms with Crippen molar-refractivity contribution in [2.45, 2.75) is 38.3 Å². The molecule has 0 saturated heterocycles. The Morgan fingerprint density at radius 2 is 2.10 bits per heavy atom. The molecule has 4 N–H and O–H groups in total. The topological polar surface area (TPSA) is 101 Å². The number of aromatic nitrogens is 2. The fourth-order valence-corrected chi connectivity index (χ4v) is 3.44. The van der Waals surface area contributed by atoms with E-state index in [2.05, 4.69) is 14.9 Å². The first-order valence-corrected chi connectivity index (χ1v) is 8.26. The van der Waals surface area contributed by atoms with Crippen molar-refractivity contribution >= 4 is 10.0 Å². The van der Waals surface area contributed by atoms with Crippen molar-refractivity contribution in [3.8, 4) is 0 Å². The zero-order chi connectivity index (χ0) is 15.5. The molecule has 114 valence electrons. The molecule has 6 nitrogen and oxygen atoms in total. The maximum absolute atomic E-state index is 12.5. The summed E-state index contributed by atoms with van der Waals surface area (Å²) in [4.78, 5) is 0.300. The van der Waals surface area contributed by atoms with Gasteiger partial charge in [0.05, 0.1) is 11.1 Å². The van der Waals surface area contributed by atoms with Crippen molar-refractivity contribution in [3.05, 3.63) is 46.8 Å². The molecule has 2 aromatic rings. The minimum absolute atomic E-state index is 0.209. The predicted octanol–water partition coefficient (Wildman–Crippen LogP) is 1.22. The predicted molar refractivity (Wildman–Crippen MR) is 81.1 cm³/mol. The third-order valence-corrected chi connectivity index (χ3v) is 4.91. The summed E-state index contributed by atoms with van der Waals surface area (Å²) in [5.74, 6) is 0. The fourth-order valence-electron chi connectivity index (χ4n) is 2.07. The maximum atomic E-state index is 12.5. The van der Waals surface area contributed by atoms with Gasteiger partial charge in [-0.15, -0.1) is 0 Å². The van der Waals surface area contributed by atoms with Crippen molar-refractivity contribution in [2.75, 3.05) is 0 Å². The quantitative estimate of drug-likeness (QED) is 0.747. The van der Waals surface area contributed by atoms with Gasteiger partial charge in [-0.2, -0.15) is 5.10 Å². The van der Waals surface area contributed by atoms with E-state index in [1.165, 1.54) is 0 Å². The molecule has 2 rings (SSSR count). The second-order valence-electron chi connectivity index (χ2n) is 4.84. The Kier molecular flexibility index (Phi) is 4.76. The molecule has 0 radical (unpaired) electrons. The summed E-state index contributed by atoms with van der Waals surface area (Å²) >= 11 is 0. The van der Waals surface area contributed by atoms with E-state index in [-0.39, 0.29) is 6.54 Å². The van der Waals surface area contributed by atoms with E-state index >= 15 is 0 Å². The zero-order valence-electron chi connectivity index (χ0n) is 12.2. The first-order valence-electron chi connectivity index (χ1n) is 6.78. The monoisotopic (exact) mass is 308 g/mol. The number of nitrogens with zero attached hydrogens (tertiary/aromatic N) is 1. The molecule has 1 aromatic carbocycles. The lowest BCUT2D eigenvalue weighted by atomic mass is 10.1. The number of benzene rings is 1. The van der Waals surface area contributed by atoms with Gasteiger partial charge in [-0.05, 0) is 30.5 Å². The Morgan fingerprint density at radius 1 is 1.33 bits per heavy atom. The lowest BCUT2D eigenvalue weighted by molar-refractivity contribution is 0.580.